The smallest absolute Gasteiger partial charge is 0.337 e. The van der Waals surface area contributed by atoms with Crippen LogP contribution in [0.1, 0.15) is 54.1 Å². The molecule has 0 spiro atoms. The maximum Gasteiger partial charge on any atom is 0.337 e. The number of rotatable bonds is 9. The fourth-order valence-corrected chi connectivity index (χ4v) is 5.28. The Hall–Kier alpha value is -4.73. The van der Waals surface area contributed by atoms with E-state index in [1.54, 1.807) is 55.6 Å². The fraction of sp³-hybridized carbons (Fsp3) is 0.323. The summed E-state index contributed by atoms with van der Waals surface area (Å²) in [6.07, 6.45) is 5.02. The molecule has 1 heterocycles. The monoisotopic (exact) mass is 555 g/mol. The van der Waals surface area contributed by atoms with Gasteiger partial charge in [0.25, 0.3) is 0 Å². The van der Waals surface area contributed by atoms with E-state index in [2.05, 4.69) is 15.6 Å². The Morgan fingerprint density at radius 1 is 0.951 bits per heavy atom. The number of carbonyl (C=O) groups excluding carboxylic acids is 3. The molecule has 1 atom stereocenters. The quantitative estimate of drug-likeness (QED) is 0.303. The minimum absolute atomic E-state index is 0.0279. The second-order valence-electron chi connectivity index (χ2n) is 10.1. The molecule has 0 radical (unpaired) electrons. The summed E-state index contributed by atoms with van der Waals surface area (Å²) in [6.45, 7) is -0.139. The third kappa shape index (κ3) is 6.21. The Morgan fingerprint density at radius 3 is 2.34 bits per heavy atom. The van der Waals surface area contributed by atoms with E-state index < -0.39 is 12.0 Å². The van der Waals surface area contributed by atoms with Gasteiger partial charge < -0.3 is 14.8 Å². The van der Waals surface area contributed by atoms with Gasteiger partial charge in [-0.1, -0.05) is 48.7 Å². The van der Waals surface area contributed by atoms with Crippen molar-refractivity contribution in [2.75, 3.05) is 19.1 Å². The van der Waals surface area contributed by atoms with Crippen LogP contribution >= 0.6 is 0 Å². The first kappa shape index (κ1) is 27.8. The van der Waals surface area contributed by atoms with E-state index in [0.717, 1.165) is 32.1 Å². The predicted octanol–water partition coefficient (Wildman–Crippen LogP) is 4.45. The Bertz CT molecular complexity index is 1510. The van der Waals surface area contributed by atoms with Crippen molar-refractivity contribution < 1.29 is 23.9 Å². The Morgan fingerprint density at radius 2 is 1.66 bits per heavy atom. The molecule has 1 fully saturated rings. The number of esters is 1. The summed E-state index contributed by atoms with van der Waals surface area (Å²) in [6, 6.07) is 20.0. The lowest BCUT2D eigenvalue weighted by atomic mass is 9.94. The molecule has 1 aliphatic carbocycles. The van der Waals surface area contributed by atoms with Crippen molar-refractivity contribution in [1.82, 2.24) is 20.3 Å². The van der Waals surface area contributed by atoms with E-state index in [-0.39, 0.29) is 24.4 Å². The topological polar surface area (TPSA) is 116 Å². The fourth-order valence-electron chi connectivity index (χ4n) is 5.28. The Kier molecular flexibility index (Phi) is 8.57. The van der Waals surface area contributed by atoms with Crippen LogP contribution in [0, 0.1) is 0 Å². The van der Waals surface area contributed by atoms with Crippen molar-refractivity contribution >= 4 is 34.5 Å². The minimum atomic E-state index is -1.01. The van der Waals surface area contributed by atoms with Crippen LogP contribution in [0.25, 0.3) is 11.0 Å². The van der Waals surface area contributed by atoms with Crippen molar-refractivity contribution in [1.29, 1.82) is 0 Å². The number of nitrogens with zero attached hydrogens (tertiary/aromatic N) is 4. The van der Waals surface area contributed by atoms with Crippen LogP contribution in [0.5, 0.6) is 5.75 Å². The maximum atomic E-state index is 14.2. The standard InChI is InChI=1S/C31H33N5O5/c1-40-25-18-16-24(17-19-25)36(28(37)20-35-27-11-7-6-10-26(27)33-34-35)29(30(38)32-23-8-4-3-5-9-23)21-12-14-22(15-13-21)31(39)41-2/h6-7,10-19,23,29H,3-5,8-9,20H2,1-2H3,(H,32,38). The highest BCUT2D eigenvalue weighted by molar-refractivity contribution is 6.02. The lowest BCUT2D eigenvalue weighted by Crippen LogP contribution is -2.48. The lowest BCUT2D eigenvalue weighted by Gasteiger charge is -2.33. The van der Waals surface area contributed by atoms with E-state index in [4.69, 9.17) is 9.47 Å². The van der Waals surface area contributed by atoms with Crippen LogP contribution in [0.4, 0.5) is 5.69 Å². The SMILES string of the molecule is COC(=O)c1ccc(C(C(=O)NC2CCCCC2)N(C(=O)Cn2nnc3ccccc32)c2ccc(OC)cc2)cc1. The highest BCUT2D eigenvalue weighted by atomic mass is 16.5. The second kappa shape index (κ2) is 12.6. The van der Waals surface area contributed by atoms with Crippen LogP contribution in [0.15, 0.2) is 72.8 Å². The molecule has 41 heavy (non-hydrogen) atoms. The van der Waals surface area contributed by atoms with E-state index in [1.807, 2.05) is 24.3 Å². The molecule has 1 aliphatic rings. The molecule has 0 bridgehead atoms. The van der Waals surface area contributed by atoms with Crippen LogP contribution in [0.2, 0.25) is 0 Å². The molecular formula is C31H33N5O5. The number of hydrogen-bond acceptors (Lipinski definition) is 7. The molecule has 1 unspecified atom stereocenters. The van der Waals surface area contributed by atoms with Gasteiger partial charge in [0, 0.05) is 11.7 Å². The van der Waals surface area contributed by atoms with E-state index in [9.17, 15) is 14.4 Å². The molecule has 0 aliphatic heterocycles. The van der Waals surface area contributed by atoms with Crippen molar-refractivity contribution in [3.05, 3.63) is 83.9 Å². The number of fused-ring (bicyclic) bond motifs is 1. The van der Waals surface area contributed by atoms with Crippen LogP contribution in [-0.4, -0.2) is 53.0 Å². The van der Waals surface area contributed by atoms with Gasteiger partial charge in [0.1, 0.15) is 23.9 Å². The van der Waals surface area contributed by atoms with Gasteiger partial charge >= 0.3 is 5.97 Å². The first-order valence-corrected chi connectivity index (χ1v) is 13.7. The summed E-state index contributed by atoms with van der Waals surface area (Å²) in [4.78, 5) is 41.9. The van der Waals surface area contributed by atoms with Crippen LogP contribution in [0.3, 0.4) is 0 Å². The number of amides is 2. The molecule has 1 aromatic heterocycles. The third-order valence-electron chi connectivity index (χ3n) is 7.43. The largest absolute Gasteiger partial charge is 0.497 e. The molecular weight excluding hydrogens is 522 g/mol. The average molecular weight is 556 g/mol. The highest BCUT2D eigenvalue weighted by Gasteiger charge is 2.34. The number of para-hydroxylation sites is 1. The summed E-state index contributed by atoms with van der Waals surface area (Å²) in [7, 11) is 2.88. The summed E-state index contributed by atoms with van der Waals surface area (Å²) in [5, 5.41) is 11.6. The predicted molar refractivity (Wildman–Crippen MR) is 154 cm³/mol. The Balaban J connectivity index is 1.57. The molecule has 4 aromatic rings. The molecule has 10 nitrogen and oxygen atoms in total. The van der Waals surface area contributed by atoms with Gasteiger partial charge in [-0.2, -0.15) is 0 Å². The number of ether oxygens (including phenoxy) is 2. The van der Waals surface area contributed by atoms with Gasteiger partial charge in [-0.05, 0) is 66.9 Å². The first-order chi connectivity index (χ1) is 20.0. The lowest BCUT2D eigenvalue weighted by molar-refractivity contribution is -0.127. The van der Waals surface area contributed by atoms with Gasteiger partial charge in [-0.25, -0.2) is 9.48 Å². The summed E-state index contributed by atoms with van der Waals surface area (Å²) in [5.41, 5.74) is 2.79. The molecule has 0 saturated heterocycles. The minimum Gasteiger partial charge on any atom is -0.497 e. The van der Waals surface area contributed by atoms with Crippen molar-refractivity contribution in [3.63, 3.8) is 0 Å². The van der Waals surface area contributed by atoms with Crippen molar-refractivity contribution in [2.24, 2.45) is 0 Å². The zero-order chi connectivity index (χ0) is 28.8. The normalized spacial score (nSPS) is 14.3. The molecule has 1 saturated carbocycles. The summed E-state index contributed by atoms with van der Waals surface area (Å²) in [5.74, 6) is -0.517. The molecule has 2 amide bonds. The molecule has 3 aromatic carbocycles. The van der Waals surface area contributed by atoms with Gasteiger partial charge in [-0.3, -0.25) is 14.5 Å². The van der Waals surface area contributed by atoms with Crippen molar-refractivity contribution in [3.8, 4) is 5.75 Å². The van der Waals surface area contributed by atoms with Gasteiger partial charge in [0.15, 0.2) is 0 Å². The molecule has 10 heteroatoms. The van der Waals surface area contributed by atoms with Crippen LogP contribution in [-0.2, 0) is 20.9 Å². The van der Waals surface area contributed by atoms with E-state index >= 15 is 0 Å². The molecule has 1 N–H and O–H groups in total. The number of aromatic nitrogens is 3. The second-order valence-corrected chi connectivity index (χ2v) is 10.1. The number of benzene rings is 3. The van der Waals surface area contributed by atoms with E-state index in [0.29, 0.717) is 33.6 Å². The van der Waals surface area contributed by atoms with Gasteiger partial charge in [0.05, 0.1) is 25.3 Å². The first-order valence-electron chi connectivity index (χ1n) is 13.7. The average Bonchev–Trinajstić information content (AvgIpc) is 3.42. The number of methoxy groups -OCH3 is 2. The highest BCUT2D eigenvalue weighted by Crippen LogP contribution is 2.31. The maximum absolute atomic E-state index is 14.2. The third-order valence-corrected chi connectivity index (χ3v) is 7.43. The number of hydrogen-bond donors (Lipinski definition) is 1. The number of anilines is 1. The van der Waals surface area contributed by atoms with Gasteiger partial charge in [-0.15, -0.1) is 5.10 Å². The van der Waals surface area contributed by atoms with E-state index in [1.165, 1.54) is 16.7 Å². The van der Waals surface area contributed by atoms with Crippen molar-refractivity contribution in [2.45, 2.75) is 50.7 Å². The molecule has 212 valence electrons. The van der Waals surface area contributed by atoms with Gasteiger partial charge in [0.2, 0.25) is 11.8 Å². The number of carbonyl (C=O) groups is 3. The van der Waals surface area contributed by atoms with Crippen LogP contribution < -0.4 is 15.0 Å². The zero-order valence-corrected chi connectivity index (χ0v) is 23.2. The Labute approximate surface area is 238 Å². The summed E-state index contributed by atoms with van der Waals surface area (Å²) < 4.78 is 11.7. The number of nitrogens with one attached hydrogen (secondary N) is 1. The molecule has 5 rings (SSSR count). The summed E-state index contributed by atoms with van der Waals surface area (Å²) >= 11 is 0. The zero-order valence-electron chi connectivity index (χ0n) is 23.2.